The molecule has 31 heavy (non-hydrogen) atoms. The number of hydrogen-bond donors (Lipinski definition) is 0. The largest absolute Gasteiger partial charge is 0.106 e. The molecular weight excluding hydrogens is 372 g/mol. The number of unbranched alkanes of at least 4 members (excludes halogenated alkanes) is 2. The highest BCUT2D eigenvalue weighted by Crippen LogP contribution is 2.18. The Hall–Kier alpha value is -0.520. The van der Waals surface area contributed by atoms with E-state index in [1.54, 1.807) is 0 Å². The van der Waals surface area contributed by atoms with Gasteiger partial charge in [0.25, 0.3) is 0 Å². The minimum Gasteiger partial charge on any atom is -0.106 e. The van der Waals surface area contributed by atoms with Crippen LogP contribution in [0.3, 0.4) is 0 Å². The van der Waals surface area contributed by atoms with Crippen LogP contribution >= 0.6 is 0 Å². The molecule has 0 aliphatic carbocycles. The lowest BCUT2D eigenvalue weighted by Crippen LogP contribution is -2.00. The van der Waals surface area contributed by atoms with Gasteiger partial charge in [-0.1, -0.05) is 154 Å². The summed E-state index contributed by atoms with van der Waals surface area (Å²) in [6.45, 7) is 39.8. The molecule has 0 aromatic carbocycles. The van der Waals surface area contributed by atoms with E-state index < -0.39 is 0 Å². The van der Waals surface area contributed by atoms with E-state index in [-0.39, 0.29) is 0 Å². The van der Waals surface area contributed by atoms with Crippen LogP contribution in [-0.2, 0) is 0 Å². The van der Waals surface area contributed by atoms with Gasteiger partial charge in [0.15, 0.2) is 0 Å². The quantitative estimate of drug-likeness (QED) is 0.278. The van der Waals surface area contributed by atoms with Crippen molar-refractivity contribution in [2.45, 2.75) is 161 Å². The third-order valence-electron chi connectivity index (χ3n) is 4.16. The topological polar surface area (TPSA) is 0 Å². The van der Waals surface area contributed by atoms with Crippen LogP contribution in [0.25, 0.3) is 0 Å². The maximum Gasteiger partial charge on any atom is -0.0234 e. The van der Waals surface area contributed by atoms with Crippen LogP contribution in [0.15, 0.2) is 25.8 Å². The zero-order valence-electron chi connectivity index (χ0n) is 25.5. The predicted molar refractivity (Wildman–Crippen MR) is 158 cm³/mol. The second-order valence-corrected chi connectivity index (χ2v) is 7.30. The van der Waals surface area contributed by atoms with Crippen LogP contribution in [-0.4, -0.2) is 0 Å². The van der Waals surface area contributed by atoms with Crippen molar-refractivity contribution in [1.29, 1.82) is 0 Å². The van der Waals surface area contributed by atoms with Gasteiger partial charge < -0.3 is 0 Å². The highest BCUT2D eigenvalue weighted by molar-refractivity contribution is 4.79. The molecule has 0 fully saturated rings. The lowest BCUT2D eigenvalue weighted by Gasteiger charge is -2.13. The van der Waals surface area contributed by atoms with E-state index in [1.807, 2.05) is 41.5 Å². The Kier molecular flexibility index (Phi) is 97.7. The first-order valence-corrected chi connectivity index (χ1v) is 14.1. The standard InChI is InChI=1S/C11H22.C9H20.C3H8.3C2H6.C2H4/c1-5-7-8-11(6-2)9-10(3)4;1-4-7-8-9(5-2)6-3;1-3-2;4*1-2/h6,10-11H,2,5,7-9H2,1,3-4H3;9H,4-8H2,1-3H3;3H2,1-2H3;3*1-2H3;1-2H2. The first-order valence-electron chi connectivity index (χ1n) is 14.1. The maximum absolute atomic E-state index is 3.87. The number of hydrogen-bond acceptors (Lipinski definition) is 0. The van der Waals surface area contributed by atoms with Crippen LogP contribution in [0.5, 0.6) is 0 Å². The molecular formula is C31H72. The molecule has 0 spiro atoms. The second kappa shape index (κ2) is 63.0. The minimum absolute atomic E-state index is 0.759. The smallest absolute Gasteiger partial charge is 0.0234 e. The Morgan fingerprint density at radius 1 is 0.645 bits per heavy atom. The lowest BCUT2D eigenvalue weighted by molar-refractivity contribution is 0.438. The molecule has 0 heteroatoms. The number of allylic oxidation sites excluding steroid dienone is 1. The van der Waals surface area contributed by atoms with Gasteiger partial charge in [-0.15, -0.1) is 19.7 Å². The Balaban J connectivity index is -0.0000000515. The predicted octanol–water partition coefficient (Wildman–Crippen LogP) is 12.9. The fourth-order valence-electron chi connectivity index (χ4n) is 2.59. The maximum atomic E-state index is 3.87. The summed E-state index contributed by atoms with van der Waals surface area (Å²) in [6.07, 6.45) is 15.6. The second-order valence-electron chi connectivity index (χ2n) is 7.30. The van der Waals surface area contributed by atoms with E-state index in [1.165, 1.54) is 64.2 Å². The van der Waals surface area contributed by atoms with E-state index in [9.17, 15) is 0 Å². The van der Waals surface area contributed by atoms with Crippen LogP contribution in [0.2, 0.25) is 0 Å². The first-order chi connectivity index (χ1) is 15.0. The Morgan fingerprint density at radius 3 is 1.19 bits per heavy atom. The van der Waals surface area contributed by atoms with Crippen molar-refractivity contribution >= 4 is 0 Å². The molecule has 0 amide bonds. The van der Waals surface area contributed by atoms with Crippen LogP contribution in [0.1, 0.15) is 161 Å². The Morgan fingerprint density at radius 2 is 0.968 bits per heavy atom. The van der Waals surface area contributed by atoms with Gasteiger partial charge in [0.1, 0.15) is 0 Å². The molecule has 0 heterocycles. The summed E-state index contributed by atoms with van der Waals surface area (Å²) in [5, 5.41) is 0. The molecule has 0 aliphatic rings. The Labute approximate surface area is 204 Å². The van der Waals surface area contributed by atoms with E-state index in [0.29, 0.717) is 0 Å². The van der Waals surface area contributed by atoms with Gasteiger partial charge in [-0.3, -0.25) is 0 Å². The van der Waals surface area contributed by atoms with E-state index in [2.05, 4.69) is 81.2 Å². The molecule has 0 aromatic heterocycles. The van der Waals surface area contributed by atoms with Gasteiger partial charge in [0.05, 0.1) is 0 Å². The molecule has 0 N–H and O–H groups in total. The molecule has 0 aromatic rings. The molecule has 196 valence electrons. The van der Waals surface area contributed by atoms with Crippen molar-refractivity contribution in [3.8, 4) is 0 Å². The van der Waals surface area contributed by atoms with Crippen molar-refractivity contribution in [3.63, 3.8) is 0 Å². The Bertz CT molecular complexity index is 200. The summed E-state index contributed by atoms with van der Waals surface area (Å²) in [5.41, 5.74) is 0. The summed E-state index contributed by atoms with van der Waals surface area (Å²) in [6, 6.07) is 0. The first kappa shape index (κ1) is 48.0. The lowest BCUT2D eigenvalue weighted by atomic mass is 9.93. The van der Waals surface area contributed by atoms with Crippen molar-refractivity contribution in [2.24, 2.45) is 17.8 Å². The third kappa shape index (κ3) is 72.9. The fraction of sp³-hybridized carbons (Fsp3) is 0.871. The highest BCUT2D eigenvalue weighted by atomic mass is 14.1. The molecule has 1 atom stereocenters. The van der Waals surface area contributed by atoms with Gasteiger partial charge in [0.2, 0.25) is 0 Å². The zero-order valence-corrected chi connectivity index (χ0v) is 25.5. The summed E-state index contributed by atoms with van der Waals surface area (Å²) < 4.78 is 0. The summed E-state index contributed by atoms with van der Waals surface area (Å²) in [7, 11) is 0. The van der Waals surface area contributed by atoms with Crippen LogP contribution in [0.4, 0.5) is 0 Å². The van der Waals surface area contributed by atoms with Gasteiger partial charge in [-0.05, 0) is 30.6 Å². The molecule has 0 nitrogen and oxygen atoms in total. The SMILES string of the molecule is C=C.C=CC(CCCC)CC(C)C.CC.CC.CC.CCC.CCCCC(CC)CC. The third-order valence-corrected chi connectivity index (χ3v) is 4.16. The normalized spacial score (nSPS) is 9.16. The molecule has 0 saturated carbocycles. The van der Waals surface area contributed by atoms with Gasteiger partial charge >= 0.3 is 0 Å². The van der Waals surface area contributed by atoms with E-state index in [4.69, 9.17) is 0 Å². The van der Waals surface area contributed by atoms with Gasteiger partial charge in [-0.25, -0.2) is 0 Å². The highest BCUT2D eigenvalue weighted by Gasteiger charge is 2.05. The monoisotopic (exact) mass is 445 g/mol. The summed E-state index contributed by atoms with van der Waals surface area (Å²) >= 11 is 0. The van der Waals surface area contributed by atoms with Crippen molar-refractivity contribution in [3.05, 3.63) is 25.8 Å². The number of rotatable bonds is 11. The van der Waals surface area contributed by atoms with Gasteiger partial charge in [-0.2, -0.15) is 0 Å². The molecule has 0 aliphatic heterocycles. The molecule has 0 radical (unpaired) electrons. The van der Waals surface area contributed by atoms with Crippen molar-refractivity contribution < 1.29 is 0 Å². The van der Waals surface area contributed by atoms with Gasteiger partial charge in [0, 0.05) is 0 Å². The average molecular weight is 445 g/mol. The average Bonchev–Trinajstić information content (AvgIpc) is 2.83. The molecule has 0 rings (SSSR count). The fourth-order valence-corrected chi connectivity index (χ4v) is 2.59. The summed E-state index contributed by atoms with van der Waals surface area (Å²) in [4.78, 5) is 0. The molecule has 0 saturated heterocycles. The molecule has 0 bridgehead atoms. The zero-order chi connectivity index (χ0) is 26.5. The summed E-state index contributed by atoms with van der Waals surface area (Å²) in [5.74, 6) is 2.58. The minimum atomic E-state index is 0.759. The van der Waals surface area contributed by atoms with Crippen LogP contribution in [0, 0.1) is 17.8 Å². The van der Waals surface area contributed by atoms with E-state index >= 15 is 0 Å². The van der Waals surface area contributed by atoms with Crippen molar-refractivity contribution in [1.82, 2.24) is 0 Å². The molecule has 1 unspecified atom stereocenters. The van der Waals surface area contributed by atoms with Crippen LogP contribution < -0.4 is 0 Å². The van der Waals surface area contributed by atoms with E-state index in [0.717, 1.165) is 17.8 Å². The van der Waals surface area contributed by atoms with Crippen molar-refractivity contribution in [2.75, 3.05) is 0 Å².